The molecule has 3 N–H and O–H groups in total. The second kappa shape index (κ2) is 6.60. The number of nitrogens with one attached hydrogen (secondary N) is 1. The van der Waals surface area contributed by atoms with Crippen molar-refractivity contribution in [2.24, 2.45) is 5.73 Å². The summed E-state index contributed by atoms with van der Waals surface area (Å²) < 4.78 is 5.77. The number of carbonyl (C=O) groups excluding carboxylic acids is 2. The summed E-state index contributed by atoms with van der Waals surface area (Å²) in [5.41, 5.74) is 5.97. The lowest BCUT2D eigenvalue weighted by atomic mass is 10.3. The Morgan fingerprint density at radius 2 is 2.14 bits per heavy atom. The van der Waals surface area contributed by atoms with Gasteiger partial charge in [0.05, 0.1) is 5.52 Å². The van der Waals surface area contributed by atoms with Crippen LogP contribution in [0.4, 0.5) is 9.59 Å². The van der Waals surface area contributed by atoms with E-state index in [0.29, 0.717) is 17.6 Å². The Labute approximate surface area is 120 Å². The first-order chi connectivity index (χ1) is 10.1. The minimum atomic E-state index is -1.04. The zero-order valence-corrected chi connectivity index (χ0v) is 11.5. The van der Waals surface area contributed by atoms with Crippen molar-refractivity contribution >= 4 is 23.2 Å². The quantitative estimate of drug-likeness (QED) is 0.810. The lowest BCUT2D eigenvalue weighted by Gasteiger charge is -2.08. The van der Waals surface area contributed by atoms with E-state index in [1.807, 2.05) is 6.92 Å². The SMILES string of the molecule is CCCCNC(=O)On1c(OC(N)=O)nc2ccccc21. The van der Waals surface area contributed by atoms with E-state index in [4.69, 9.17) is 15.3 Å². The number of carbonyl (C=O) groups is 2. The van der Waals surface area contributed by atoms with Gasteiger partial charge in [-0.3, -0.25) is 0 Å². The van der Waals surface area contributed by atoms with Crippen LogP contribution in [0.2, 0.25) is 0 Å². The fraction of sp³-hybridized carbons (Fsp3) is 0.308. The third-order valence-corrected chi connectivity index (χ3v) is 2.66. The van der Waals surface area contributed by atoms with Gasteiger partial charge in [0, 0.05) is 6.54 Å². The molecule has 0 saturated heterocycles. The maximum Gasteiger partial charge on any atom is 0.432 e. The number of benzene rings is 1. The minimum Gasteiger partial charge on any atom is -0.373 e. The molecule has 1 aromatic carbocycles. The summed E-state index contributed by atoms with van der Waals surface area (Å²) in [4.78, 5) is 31.8. The van der Waals surface area contributed by atoms with E-state index in [2.05, 4.69) is 10.3 Å². The van der Waals surface area contributed by atoms with Crippen LogP contribution in [0.5, 0.6) is 6.01 Å². The number of rotatable bonds is 5. The van der Waals surface area contributed by atoms with E-state index in [0.717, 1.165) is 17.6 Å². The molecule has 0 bridgehead atoms. The molecule has 112 valence electrons. The van der Waals surface area contributed by atoms with Crippen LogP contribution >= 0.6 is 0 Å². The van der Waals surface area contributed by atoms with E-state index in [-0.39, 0.29) is 6.01 Å². The van der Waals surface area contributed by atoms with Crippen molar-refractivity contribution in [1.82, 2.24) is 15.0 Å². The molecule has 0 atom stereocenters. The number of nitrogens with two attached hydrogens (primary N) is 1. The van der Waals surface area contributed by atoms with Crippen LogP contribution in [0, 0.1) is 0 Å². The Bertz CT molecular complexity index is 653. The number of ether oxygens (including phenoxy) is 1. The molecule has 1 aromatic heterocycles. The predicted molar refractivity (Wildman–Crippen MR) is 74.8 cm³/mol. The smallest absolute Gasteiger partial charge is 0.373 e. The lowest BCUT2D eigenvalue weighted by molar-refractivity contribution is 0.123. The first-order valence-electron chi connectivity index (χ1n) is 6.52. The normalized spacial score (nSPS) is 10.3. The molecule has 2 amide bonds. The van der Waals surface area contributed by atoms with Crippen LogP contribution in [0.15, 0.2) is 24.3 Å². The highest BCUT2D eigenvalue weighted by Crippen LogP contribution is 2.19. The Hall–Kier alpha value is -2.77. The minimum absolute atomic E-state index is 0.200. The highest BCUT2D eigenvalue weighted by atomic mass is 16.7. The van der Waals surface area contributed by atoms with Crippen molar-refractivity contribution in [1.29, 1.82) is 0 Å². The number of hydrogen-bond acceptors (Lipinski definition) is 5. The molecule has 0 unspecified atom stereocenters. The van der Waals surface area contributed by atoms with Gasteiger partial charge in [0.15, 0.2) is 0 Å². The lowest BCUT2D eigenvalue weighted by Crippen LogP contribution is -2.33. The average Bonchev–Trinajstić information content (AvgIpc) is 2.76. The van der Waals surface area contributed by atoms with Crippen molar-refractivity contribution in [3.05, 3.63) is 24.3 Å². The molecule has 0 aliphatic carbocycles. The molecule has 8 heteroatoms. The fourth-order valence-electron chi connectivity index (χ4n) is 1.71. The summed E-state index contributed by atoms with van der Waals surface area (Å²) >= 11 is 0. The summed E-state index contributed by atoms with van der Waals surface area (Å²) in [6.45, 7) is 2.50. The van der Waals surface area contributed by atoms with Gasteiger partial charge in [-0.1, -0.05) is 25.5 Å². The van der Waals surface area contributed by atoms with Gasteiger partial charge in [0.1, 0.15) is 5.52 Å². The molecule has 0 fully saturated rings. The number of nitrogens with zero attached hydrogens (tertiary/aromatic N) is 2. The van der Waals surface area contributed by atoms with Gasteiger partial charge >= 0.3 is 18.2 Å². The van der Waals surface area contributed by atoms with E-state index in [1.54, 1.807) is 24.3 Å². The Morgan fingerprint density at radius 1 is 1.38 bits per heavy atom. The van der Waals surface area contributed by atoms with Crippen molar-refractivity contribution in [3.8, 4) is 6.01 Å². The summed E-state index contributed by atoms with van der Waals surface area (Å²) in [7, 11) is 0. The zero-order chi connectivity index (χ0) is 15.2. The van der Waals surface area contributed by atoms with Crippen molar-refractivity contribution in [3.63, 3.8) is 0 Å². The highest BCUT2D eigenvalue weighted by Gasteiger charge is 2.17. The van der Waals surface area contributed by atoms with Crippen molar-refractivity contribution in [2.75, 3.05) is 6.54 Å². The van der Waals surface area contributed by atoms with Crippen LogP contribution in [-0.2, 0) is 0 Å². The molecule has 0 saturated carbocycles. The Kier molecular flexibility index (Phi) is 4.60. The molecule has 0 radical (unpaired) electrons. The number of amides is 2. The van der Waals surface area contributed by atoms with Crippen LogP contribution in [0.1, 0.15) is 19.8 Å². The first kappa shape index (κ1) is 14.6. The second-order valence-corrected chi connectivity index (χ2v) is 4.26. The van der Waals surface area contributed by atoms with Crippen molar-refractivity contribution < 1.29 is 19.2 Å². The van der Waals surface area contributed by atoms with Gasteiger partial charge in [-0.2, -0.15) is 4.98 Å². The maximum absolute atomic E-state index is 11.7. The molecule has 0 aliphatic rings. The zero-order valence-electron chi connectivity index (χ0n) is 11.5. The fourth-order valence-corrected chi connectivity index (χ4v) is 1.71. The van der Waals surface area contributed by atoms with E-state index in [1.165, 1.54) is 0 Å². The van der Waals surface area contributed by atoms with E-state index in [9.17, 15) is 9.59 Å². The molecule has 0 spiro atoms. The molecule has 21 heavy (non-hydrogen) atoms. The number of unbranched alkanes of at least 4 members (excludes halogenated alkanes) is 1. The molecular formula is C13H16N4O4. The van der Waals surface area contributed by atoms with Crippen LogP contribution < -0.4 is 20.6 Å². The average molecular weight is 292 g/mol. The number of imidazole rings is 1. The monoisotopic (exact) mass is 292 g/mol. The number of primary amides is 1. The second-order valence-electron chi connectivity index (χ2n) is 4.26. The van der Waals surface area contributed by atoms with Gasteiger partial charge < -0.3 is 20.6 Å². The van der Waals surface area contributed by atoms with E-state index >= 15 is 0 Å². The van der Waals surface area contributed by atoms with Gasteiger partial charge in [0.2, 0.25) is 0 Å². The summed E-state index contributed by atoms with van der Waals surface area (Å²) in [5.74, 6) is 0. The summed E-state index contributed by atoms with van der Waals surface area (Å²) in [5, 5.41) is 2.59. The molecule has 2 aromatic rings. The standard InChI is InChI=1S/C13H16N4O4/c1-2-3-8-15-13(19)21-17-10-7-5-4-6-9(10)16-12(17)20-11(14)18/h4-7H,2-3,8H2,1H3,(H2,14,18)(H,15,19). The predicted octanol–water partition coefficient (Wildman–Crippen LogP) is 1.43. The first-order valence-corrected chi connectivity index (χ1v) is 6.52. The number of aromatic nitrogens is 2. The summed E-state index contributed by atoms with van der Waals surface area (Å²) in [6.07, 6.45) is 0.0804. The topological polar surface area (TPSA) is 108 Å². The molecule has 2 rings (SSSR count). The largest absolute Gasteiger partial charge is 0.432 e. The highest BCUT2D eigenvalue weighted by molar-refractivity contribution is 5.79. The summed E-state index contributed by atoms with van der Waals surface area (Å²) in [6, 6.07) is 6.67. The third-order valence-electron chi connectivity index (χ3n) is 2.66. The van der Waals surface area contributed by atoms with Crippen LogP contribution in [-0.4, -0.2) is 28.4 Å². The van der Waals surface area contributed by atoms with Gasteiger partial charge in [-0.15, -0.1) is 4.73 Å². The number of para-hydroxylation sites is 2. The molecular weight excluding hydrogens is 276 g/mol. The van der Waals surface area contributed by atoms with Gasteiger partial charge in [-0.05, 0) is 18.6 Å². The van der Waals surface area contributed by atoms with Gasteiger partial charge in [0.25, 0.3) is 0 Å². The third kappa shape index (κ3) is 3.62. The van der Waals surface area contributed by atoms with Crippen molar-refractivity contribution in [2.45, 2.75) is 19.8 Å². The molecule has 0 aliphatic heterocycles. The molecule has 1 heterocycles. The van der Waals surface area contributed by atoms with Gasteiger partial charge in [-0.25, -0.2) is 9.59 Å². The number of fused-ring (bicyclic) bond motifs is 1. The van der Waals surface area contributed by atoms with E-state index < -0.39 is 12.2 Å². The maximum atomic E-state index is 11.7. The van der Waals surface area contributed by atoms with Crippen LogP contribution in [0.3, 0.4) is 0 Å². The Balaban J connectivity index is 2.23. The van der Waals surface area contributed by atoms with Crippen LogP contribution in [0.25, 0.3) is 11.0 Å². The number of hydrogen-bond donors (Lipinski definition) is 2. The Morgan fingerprint density at radius 3 is 2.86 bits per heavy atom. The molecule has 8 nitrogen and oxygen atoms in total.